The van der Waals surface area contributed by atoms with E-state index in [9.17, 15) is 9.59 Å². The zero-order chi connectivity index (χ0) is 18.2. The van der Waals surface area contributed by atoms with Crippen molar-refractivity contribution in [2.45, 2.75) is 71.3 Å². The highest BCUT2D eigenvalue weighted by molar-refractivity contribution is 5.85. The van der Waals surface area contributed by atoms with E-state index in [1.54, 1.807) is 0 Å². The third-order valence-electron chi connectivity index (χ3n) is 5.71. The minimum absolute atomic E-state index is 0.0216. The Kier molecular flexibility index (Phi) is 8.20. The number of esters is 1. The van der Waals surface area contributed by atoms with Crippen LogP contribution < -0.4 is 5.32 Å². The first-order valence-electron chi connectivity index (χ1n) is 10.1. The van der Waals surface area contributed by atoms with Gasteiger partial charge in [-0.25, -0.2) is 4.79 Å². The van der Waals surface area contributed by atoms with Gasteiger partial charge in [-0.05, 0) is 57.0 Å². The Morgan fingerprint density at radius 2 is 1.72 bits per heavy atom. The number of methoxy groups -OCH3 is 1. The van der Waals surface area contributed by atoms with Crippen LogP contribution in [0.2, 0.25) is 0 Å². The lowest BCUT2D eigenvalue weighted by atomic mass is 9.87. The minimum atomic E-state index is -0.516. The molecular formula is C20H36N2O3. The van der Waals surface area contributed by atoms with Crippen LogP contribution in [0.4, 0.5) is 0 Å². The van der Waals surface area contributed by atoms with Crippen molar-refractivity contribution >= 4 is 11.9 Å². The van der Waals surface area contributed by atoms with Crippen molar-refractivity contribution in [3.8, 4) is 0 Å². The molecule has 1 aliphatic carbocycles. The summed E-state index contributed by atoms with van der Waals surface area (Å²) >= 11 is 0. The Morgan fingerprint density at radius 3 is 2.28 bits per heavy atom. The van der Waals surface area contributed by atoms with Gasteiger partial charge in [0.2, 0.25) is 5.91 Å². The molecule has 2 rings (SSSR count). The summed E-state index contributed by atoms with van der Waals surface area (Å²) in [4.78, 5) is 27.0. The number of carbonyl (C=O) groups is 2. The van der Waals surface area contributed by atoms with E-state index >= 15 is 0 Å². The molecule has 0 spiro atoms. The molecular weight excluding hydrogens is 316 g/mol. The van der Waals surface area contributed by atoms with E-state index in [0.29, 0.717) is 12.3 Å². The predicted molar refractivity (Wildman–Crippen MR) is 99.1 cm³/mol. The Morgan fingerprint density at radius 1 is 1.08 bits per heavy atom. The van der Waals surface area contributed by atoms with Crippen molar-refractivity contribution in [1.29, 1.82) is 0 Å². The number of hydrogen-bond donors (Lipinski definition) is 1. The molecule has 1 heterocycles. The van der Waals surface area contributed by atoms with E-state index in [1.807, 2.05) is 13.8 Å². The Hall–Kier alpha value is -1.10. The van der Waals surface area contributed by atoms with Gasteiger partial charge in [0, 0.05) is 12.5 Å². The van der Waals surface area contributed by atoms with Crippen LogP contribution in [0.25, 0.3) is 0 Å². The number of nitrogens with one attached hydrogen (secondary N) is 1. The molecule has 1 aliphatic heterocycles. The molecule has 1 unspecified atom stereocenters. The van der Waals surface area contributed by atoms with Crippen LogP contribution in [0.5, 0.6) is 0 Å². The molecule has 0 bridgehead atoms. The molecule has 0 radical (unpaired) electrons. The van der Waals surface area contributed by atoms with E-state index < -0.39 is 6.04 Å². The van der Waals surface area contributed by atoms with Crippen molar-refractivity contribution in [3.05, 3.63) is 0 Å². The third-order valence-corrected chi connectivity index (χ3v) is 5.71. The van der Waals surface area contributed by atoms with Gasteiger partial charge in [0.15, 0.2) is 0 Å². The lowest BCUT2D eigenvalue weighted by Gasteiger charge is -2.35. The SMILES string of the molecule is COC(=O)C(CC(C)C)NC(=O)C1CCN(CC2CCCCC2)CC1. The van der Waals surface area contributed by atoms with Crippen LogP contribution in [0.15, 0.2) is 0 Å². The lowest BCUT2D eigenvalue weighted by molar-refractivity contribution is -0.146. The van der Waals surface area contributed by atoms with E-state index in [1.165, 1.54) is 45.8 Å². The van der Waals surface area contributed by atoms with Crippen molar-refractivity contribution < 1.29 is 14.3 Å². The topological polar surface area (TPSA) is 58.6 Å². The van der Waals surface area contributed by atoms with Gasteiger partial charge in [0.1, 0.15) is 6.04 Å². The molecule has 0 aromatic rings. The lowest BCUT2D eigenvalue weighted by Crippen LogP contribution is -2.48. The highest BCUT2D eigenvalue weighted by Crippen LogP contribution is 2.26. The predicted octanol–water partition coefficient (Wildman–Crippen LogP) is 2.98. The molecule has 2 aliphatic rings. The number of piperidine rings is 1. The largest absolute Gasteiger partial charge is 0.467 e. The second-order valence-electron chi connectivity index (χ2n) is 8.29. The summed E-state index contributed by atoms with van der Waals surface area (Å²) in [5.74, 6) is 0.905. The first kappa shape index (κ1) is 20.2. The second kappa shape index (κ2) is 10.1. The molecule has 0 aromatic heterocycles. The van der Waals surface area contributed by atoms with Crippen LogP contribution in [-0.2, 0) is 14.3 Å². The molecule has 1 N–H and O–H groups in total. The molecule has 1 amide bonds. The van der Waals surface area contributed by atoms with E-state index in [4.69, 9.17) is 4.74 Å². The molecule has 5 heteroatoms. The quantitative estimate of drug-likeness (QED) is 0.716. The van der Waals surface area contributed by atoms with Crippen LogP contribution in [0, 0.1) is 17.8 Å². The molecule has 0 aromatic carbocycles. The number of nitrogens with zero attached hydrogens (tertiary/aromatic N) is 1. The molecule has 2 fully saturated rings. The Balaban J connectivity index is 1.76. The molecule has 1 atom stereocenters. The fourth-order valence-corrected chi connectivity index (χ4v) is 4.23. The van der Waals surface area contributed by atoms with E-state index in [-0.39, 0.29) is 17.8 Å². The van der Waals surface area contributed by atoms with Crippen LogP contribution in [0.3, 0.4) is 0 Å². The zero-order valence-corrected chi connectivity index (χ0v) is 16.3. The summed E-state index contributed by atoms with van der Waals surface area (Å²) in [5.41, 5.74) is 0. The molecule has 5 nitrogen and oxygen atoms in total. The van der Waals surface area contributed by atoms with Gasteiger partial charge in [-0.1, -0.05) is 33.1 Å². The highest BCUT2D eigenvalue weighted by Gasteiger charge is 2.30. The summed E-state index contributed by atoms with van der Waals surface area (Å²) in [7, 11) is 1.38. The van der Waals surface area contributed by atoms with Gasteiger partial charge in [-0.15, -0.1) is 0 Å². The average Bonchev–Trinajstić information content (AvgIpc) is 2.61. The van der Waals surface area contributed by atoms with Crippen LogP contribution >= 0.6 is 0 Å². The number of likely N-dealkylation sites (tertiary alicyclic amines) is 1. The number of carbonyl (C=O) groups excluding carboxylic acids is 2. The molecule has 1 saturated heterocycles. The Bertz CT molecular complexity index is 425. The smallest absolute Gasteiger partial charge is 0.328 e. The van der Waals surface area contributed by atoms with E-state index in [2.05, 4.69) is 10.2 Å². The summed E-state index contributed by atoms with van der Waals surface area (Å²) in [5, 5.41) is 2.93. The van der Waals surface area contributed by atoms with Crippen molar-refractivity contribution in [2.75, 3.05) is 26.7 Å². The third kappa shape index (κ3) is 6.61. The second-order valence-corrected chi connectivity index (χ2v) is 8.29. The monoisotopic (exact) mass is 352 g/mol. The number of amides is 1. The van der Waals surface area contributed by atoms with Crippen molar-refractivity contribution in [2.24, 2.45) is 17.8 Å². The van der Waals surface area contributed by atoms with Gasteiger partial charge < -0.3 is 15.0 Å². The standard InChI is InChI=1S/C20H36N2O3/c1-15(2)13-18(20(24)25-3)21-19(23)17-9-11-22(12-10-17)14-16-7-5-4-6-8-16/h15-18H,4-14H2,1-3H3,(H,21,23). The Labute approximate surface area is 152 Å². The fraction of sp³-hybridized carbons (Fsp3) is 0.900. The average molecular weight is 353 g/mol. The first-order chi connectivity index (χ1) is 12.0. The number of ether oxygens (including phenoxy) is 1. The maximum absolute atomic E-state index is 12.6. The van der Waals surface area contributed by atoms with Gasteiger partial charge in [0.05, 0.1) is 7.11 Å². The molecule has 144 valence electrons. The molecule has 25 heavy (non-hydrogen) atoms. The summed E-state index contributed by atoms with van der Waals surface area (Å²) in [6, 6.07) is -0.516. The van der Waals surface area contributed by atoms with Gasteiger partial charge in [-0.2, -0.15) is 0 Å². The van der Waals surface area contributed by atoms with Gasteiger partial charge in [-0.3, -0.25) is 4.79 Å². The molecule has 1 saturated carbocycles. The van der Waals surface area contributed by atoms with Crippen molar-refractivity contribution in [1.82, 2.24) is 10.2 Å². The normalized spacial score (nSPS) is 21.9. The summed E-state index contributed by atoms with van der Waals surface area (Å²) < 4.78 is 4.84. The van der Waals surface area contributed by atoms with Crippen LogP contribution in [0.1, 0.15) is 65.2 Å². The fourth-order valence-electron chi connectivity index (χ4n) is 4.23. The minimum Gasteiger partial charge on any atom is -0.467 e. The van der Waals surface area contributed by atoms with Gasteiger partial charge in [0.25, 0.3) is 0 Å². The van der Waals surface area contributed by atoms with Gasteiger partial charge >= 0.3 is 5.97 Å². The maximum atomic E-state index is 12.6. The number of rotatable bonds is 7. The first-order valence-corrected chi connectivity index (χ1v) is 10.1. The zero-order valence-electron chi connectivity index (χ0n) is 16.3. The van der Waals surface area contributed by atoms with Crippen LogP contribution in [-0.4, -0.2) is 49.6 Å². The summed E-state index contributed by atoms with van der Waals surface area (Å²) in [6.07, 6.45) is 9.33. The maximum Gasteiger partial charge on any atom is 0.328 e. The highest BCUT2D eigenvalue weighted by atomic mass is 16.5. The van der Waals surface area contributed by atoms with Crippen molar-refractivity contribution in [3.63, 3.8) is 0 Å². The summed E-state index contributed by atoms with van der Waals surface area (Å²) in [6.45, 7) is 7.30. The van der Waals surface area contributed by atoms with E-state index in [0.717, 1.165) is 31.8 Å². The number of hydrogen-bond acceptors (Lipinski definition) is 4.